The molecule has 0 bridgehead atoms. The lowest BCUT2D eigenvalue weighted by atomic mass is 10.1. The maximum Gasteiger partial charge on any atom is 0.319 e. The third kappa shape index (κ3) is 4.74. The standard InChI is InChI=1S/C23H34N8O4S/c1-23(5-6-23)26-36(34,35)17-11-18(29-7-9-30(10-8-29)22(33)27(2)3)20-24-12-19(31(20)15-17)21(32)25-16-13-28(4)14-16/h11-12,15-16,26H,5-10,13-14H2,1-4H3,(H,25,32). The van der Waals surface area contributed by atoms with E-state index in [2.05, 4.69) is 19.9 Å². The second kappa shape index (κ2) is 8.89. The average molecular weight is 519 g/mol. The highest BCUT2D eigenvalue weighted by Gasteiger charge is 2.41. The Morgan fingerprint density at radius 1 is 1.14 bits per heavy atom. The molecule has 13 heteroatoms. The number of imidazole rings is 1. The predicted molar refractivity (Wildman–Crippen MR) is 135 cm³/mol. The molecule has 0 unspecified atom stereocenters. The minimum atomic E-state index is -3.82. The number of urea groups is 1. The molecular weight excluding hydrogens is 484 g/mol. The van der Waals surface area contributed by atoms with Crippen LogP contribution in [0.4, 0.5) is 10.5 Å². The van der Waals surface area contributed by atoms with Crippen LogP contribution in [0.25, 0.3) is 5.65 Å². The Kier molecular flexibility index (Phi) is 6.12. The van der Waals surface area contributed by atoms with E-state index in [1.165, 1.54) is 12.4 Å². The minimum Gasteiger partial charge on any atom is -0.365 e. The van der Waals surface area contributed by atoms with Crippen molar-refractivity contribution in [2.75, 3.05) is 65.3 Å². The Balaban J connectivity index is 1.49. The number of pyridine rings is 1. The highest BCUT2D eigenvalue weighted by atomic mass is 32.2. The van der Waals surface area contributed by atoms with Crippen molar-refractivity contribution < 1.29 is 18.0 Å². The molecule has 196 valence electrons. The third-order valence-corrected chi connectivity index (χ3v) is 8.76. The summed E-state index contributed by atoms with van der Waals surface area (Å²) in [5.41, 5.74) is 0.988. The van der Waals surface area contributed by atoms with Crippen LogP contribution in [0.15, 0.2) is 23.4 Å². The molecule has 36 heavy (non-hydrogen) atoms. The first-order chi connectivity index (χ1) is 17.0. The molecule has 2 aliphatic heterocycles. The largest absolute Gasteiger partial charge is 0.365 e. The molecule has 1 aliphatic carbocycles. The number of nitrogens with one attached hydrogen (secondary N) is 2. The first-order valence-corrected chi connectivity index (χ1v) is 13.7. The Bertz CT molecular complexity index is 1290. The number of piperazine rings is 1. The monoisotopic (exact) mass is 518 g/mol. The normalized spacial score (nSPS) is 20.3. The van der Waals surface area contributed by atoms with Gasteiger partial charge in [0.05, 0.1) is 17.9 Å². The van der Waals surface area contributed by atoms with Crippen LogP contribution >= 0.6 is 0 Å². The molecule has 3 amide bonds. The van der Waals surface area contributed by atoms with Gasteiger partial charge < -0.3 is 24.9 Å². The maximum absolute atomic E-state index is 13.3. The molecule has 3 fully saturated rings. The van der Waals surface area contributed by atoms with Crippen molar-refractivity contribution in [1.82, 2.24) is 34.1 Å². The van der Waals surface area contributed by atoms with Crippen molar-refractivity contribution in [3.8, 4) is 0 Å². The summed E-state index contributed by atoms with van der Waals surface area (Å²) in [5.74, 6) is -0.287. The molecule has 1 saturated carbocycles. The van der Waals surface area contributed by atoms with Crippen LogP contribution in [0.1, 0.15) is 30.3 Å². The predicted octanol–water partition coefficient (Wildman–Crippen LogP) is 0.0125. The van der Waals surface area contributed by atoms with Gasteiger partial charge in [-0.2, -0.15) is 0 Å². The van der Waals surface area contributed by atoms with Gasteiger partial charge in [-0.1, -0.05) is 0 Å². The van der Waals surface area contributed by atoms with Gasteiger partial charge in [0, 0.05) is 65.1 Å². The van der Waals surface area contributed by atoms with Crippen molar-refractivity contribution >= 4 is 33.3 Å². The van der Waals surface area contributed by atoms with Crippen LogP contribution in [0.2, 0.25) is 0 Å². The van der Waals surface area contributed by atoms with Gasteiger partial charge in [0.25, 0.3) is 5.91 Å². The number of likely N-dealkylation sites (tertiary alicyclic amines) is 1. The second-order valence-electron chi connectivity index (χ2n) is 10.6. The van der Waals surface area contributed by atoms with Crippen LogP contribution in [-0.4, -0.2) is 116 Å². The fourth-order valence-corrected chi connectivity index (χ4v) is 6.22. The smallest absolute Gasteiger partial charge is 0.319 e. The van der Waals surface area contributed by atoms with Crippen molar-refractivity contribution in [3.63, 3.8) is 0 Å². The van der Waals surface area contributed by atoms with Crippen molar-refractivity contribution in [2.45, 2.75) is 36.2 Å². The summed E-state index contributed by atoms with van der Waals surface area (Å²) in [6, 6.07) is 1.63. The number of rotatable bonds is 6. The number of likely N-dealkylation sites (N-methyl/N-ethyl adjacent to an activating group) is 1. The Hall–Kier alpha value is -2.90. The van der Waals surface area contributed by atoms with Crippen LogP contribution in [-0.2, 0) is 10.0 Å². The fourth-order valence-electron chi connectivity index (χ4n) is 4.74. The van der Waals surface area contributed by atoms with E-state index in [0.29, 0.717) is 37.5 Å². The number of hydrogen-bond acceptors (Lipinski definition) is 7. The molecule has 0 atom stereocenters. The van der Waals surface area contributed by atoms with E-state index in [1.807, 2.05) is 18.9 Å². The first-order valence-electron chi connectivity index (χ1n) is 12.2. The lowest BCUT2D eigenvalue weighted by Gasteiger charge is -2.37. The molecule has 0 spiro atoms. The molecule has 3 aliphatic rings. The van der Waals surface area contributed by atoms with Gasteiger partial charge in [0.1, 0.15) is 10.6 Å². The van der Waals surface area contributed by atoms with Gasteiger partial charge in [-0.15, -0.1) is 0 Å². The Labute approximate surface area is 211 Å². The number of amides is 3. The molecule has 5 rings (SSSR count). The van der Waals surface area contributed by atoms with Gasteiger partial charge >= 0.3 is 6.03 Å². The van der Waals surface area contributed by atoms with E-state index >= 15 is 0 Å². The summed E-state index contributed by atoms with van der Waals surface area (Å²) in [5, 5.41) is 3.01. The van der Waals surface area contributed by atoms with Crippen LogP contribution in [0.5, 0.6) is 0 Å². The molecule has 0 aromatic carbocycles. The van der Waals surface area contributed by atoms with E-state index in [1.54, 1.807) is 34.4 Å². The number of aromatic nitrogens is 2. The Morgan fingerprint density at radius 3 is 2.39 bits per heavy atom. The van der Waals surface area contributed by atoms with Crippen molar-refractivity contribution in [3.05, 3.63) is 24.2 Å². The van der Waals surface area contributed by atoms with Gasteiger partial charge in [0.15, 0.2) is 5.65 Å². The number of hydrogen-bond donors (Lipinski definition) is 2. The topological polar surface area (TPSA) is 123 Å². The van der Waals surface area contributed by atoms with E-state index in [9.17, 15) is 18.0 Å². The lowest BCUT2D eigenvalue weighted by molar-refractivity contribution is 0.0851. The number of anilines is 1. The van der Waals surface area contributed by atoms with Crippen molar-refractivity contribution in [2.24, 2.45) is 0 Å². The van der Waals surface area contributed by atoms with Crippen LogP contribution < -0.4 is 14.9 Å². The Morgan fingerprint density at radius 2 is 1.81 bits per heavy atom. The molecule has 2 aromatic rings. The zero-order chi connectivity index (χ0) is 25.8. The van der Waals surface area contributed by atoms with Crippen LogP contribution in [0, 0.1) is 0 Å². The van der Waals surface area contributed by atoms with Gasteiger partial charge in [-0.05, 0) is 32.9 Å². The first kappa shape index (κ1) is 24.8. The maximum atomic E-state index is 13.3. The van der Waals surface area contributed by atoms with Gasteiger partial charge in [0.2, 0.25) is 10.0 Å². The lowest BCUT2D eigenvalue weighted by Crippen LogP contribution is -2.57. The summed E-state index contributed by atoms with van der Waals surface area (Å²) in [7, 11) is 1.60. The quantitative estimate of drug-likeness (QED) is 0.553. The highest BCUT2D eigenvalue weighted by molar-refractivity contribution is 7.89. The summed E-state index contributed by atoms with van der Waals surface area (Å²) in [4.78, 5) is 37.5. The van der Waals surface area contributed by atoms with E-state index < -0.39 is 15.6 Å². The van der Waals surface area contributed by atoms with E-state index in [4.69, 9.17) is 0 Å². The summed E-state index contributed by atoms with van der Waals surface area (Å²) < 4.78 is 31.0. The molecule has 2 saturated heterocycles. The third-order valence-electron chi connectivity index (χ3n) is 7.16. The number of carbonyl (C=O) groups excluding carboxylic acids is 2. The summed E-state index contributed by atoms with van der Waals surface area (Å²) >= 11 is 0. The van der Waals surface area contributed by atoms with E-state index in [-0.39, 0.29) is 28.6 Å². The zero-order valence-electron chi connectivity index (χ0n) is 21.2. The SMILES string of the molecule is CN1CC(NC(=O)c2cnc3c(N4CCN(C(=O)N(C)C)CC4)cc(S(=O)(=O)NC4(C)CC4)cn23)C1. The number of fused-ring (bicyclic) bond motifs is 1. The summed E-state index contributed by atoms with van der Waals surface area (Å²) in [6.45, 7) is 5.47. The fraction of sp³-hybridized carbons (Fsp3) is 0.609. The average Bonchev–Trinajstić information content (AvgIpc) is 3.36. The number of sulfonamides is 1. The molecule has 12 nitrogen and oxygen atoms in total. The molecule has 4 heterocycles. The second-order valence-corrected chi connectivity index (χ2v) is 12.3. The zero-order valence-corrected chi connectivity index (χ0v) is 22.0. The molecule has 2 N–H and O–H groups in total. The summed E-state index contributed by atoms with van der Waals surface area (Å²) in [6.07, 6.45) is 4.55. The van der Waals surface area contributed by atoms with E-state index in [0.717, 1.165) is 25.9 Å². The molecule has 0 radical (unpaired) electrons. The van der Waals surface area contributed by atoms with Gasteiger partial charge in [-0.25, -0.2) is 22.9 Å². The van der Waals surface area contributed by atoms with Crippen molar-refractivity contribution in [1.29, 1.82) is 0 Å². The van der Waals surface area contributed by atoms with Gasteiger partial charge in [-0.3, -0.25) is 9.20 Å². The highest BCUT2D eigenvalue weighted by Crippen LogP contribution is 2.36. The molecular formula is C23H34N8O4S. The van der Waals surface area contributed by atoms with Crippen LogP contribution in [0.3, 0.4) is 0 Å². The number of nitrogens with zero attached hydrogens (tertiary/aromatic N) is 6. The minimum absolute atomic E-state index is 0.0539. The number of carbonyl (C=O) groups is 2. The molecule has 2 aromatic heterocycles.